The average Bonchev–Trinajstić information content (AvgIpc) is 2.35. The van der Waals surface area contributed by atoms with Gasteiger partial charge in [-0.2, -0.15) is 0 Å². The number of hydrogen-bond acceptors (Lipinski definition) is 3. The van der Waals surface area contributed by atoms with Gasteiger partial charge in [0.15, 0.2) is 0 Å². The van der Waals surface area contributed by atoms with Gasteiger partial charge in [-0.25, -0.2) is 0 Å². The topological polar surface area (TPSA) is 63.1 Å². The van der Waals surface area contributed by atoms with Crippen LogP contribution in [0.15, 0.2) is 27.6 Å². The second-order valence-corrected chi connectivity index (χ2v) is 5.34. The maximum atomic E-state index is 11.8. The predicted molar refractivity (Wildman–Crippen MR) is 79.7 cm³/mol. The third-order valence-corrected chi connectivity index (χ3v) is 3.39. The van der Waals surface area contributed by atoms with Gasteiger partial charge in [0.25, 0.3) is 5.56 Å². The van der Waals surface area contributed by atoms with Crippen molar-refractivity contribution in [2.75, 3.05) is 13.1 Å². The van der Waals surface area contributed by atoms with Gasteiger partial charge in [0.1, 0.15) is 6.54 Å². The van der Waals surface area contributed by atoms with Crippen LogP contribution in [0.2, 0.25) is 0 Å². The minimum atomic E-state index is -0.171. The fourth-order valence-corrected chi connectivity index (χ4v) is 2.41. The largest absolute Gasteiger partial charge is 0.351 e. The van der Waals surface area contributed by atoms with Gasteiger partial charge in [-0.15, -0.1) is 12.4 Å². The number of carbonyl (C=O) groups is 1. The molecule has 106 valence electrons. The SMILES string of the molecule is Cl.O=C(Cn1cc(Br)ccc1=O)NC1CCCNC1. The Morgan fingerprint density at radius 2 is 2.32 bits per heavy atom. The molecule has 0 aromatic carbocycles. The molecule has 1 unspecified atom stereocenters. The van der Waals surface area contributed by atoms with E-state index in [2.05, 4.69) is 26.6 Å². The fourth-order valence-electron chi connectivity index (χ4n) is 2.03. The summed E-state index contributed by atoms with van der Waals surface area (Å²) < 4.78 is 2.18. The third kappa shape index (κ3) is 4.97. The van der Waals surface area contributed by atoms with Gasteiger partial charge in [-0.3, -0.25) is 9.59 Å². The predicted octanol–water partition coefficient (Wildman–Crippen LogP) is 0.901. The van der Waals surface area contributed by atoms with Gasteiger partial charge < -0.3 is 15.2 Å². The molecule has 1 atom stereocenters. The van der Waals surface area contributed by atoms with E-state index >= 15 is 0 Å². The van der Waals surface area contributed by atoms with Gasteiger partial charge in [-0.1, -0.05) is 0 Å². The van der Waals surface area contributed by atoms with Gasteiger partial charge in [-0.05, 0) is 41.4 Å². The molecule has 1 aromatic rings. The molecule has 0 radical (unpaired) electrons. The van der Waals surface area contributed by atoms with Crippen LogP contribution in [0.4, 0.5) is 0 Å². The van der Waals surface area contributed by atoms with E-state index in [0.717, 1.165) is 30.4 Å². The van der Waals surface area contributed by atoms with Crippen LogP contribution in [0, 0.1) is 0 Å². The molecule has 1 fully saturated rings. The number of piperidine rings is 1. The van der Waals surface area contributed by atoms with Crippen molar-refractivity contribution in [1.82, 2.24) is 15.2 Å². The number of nitrogens with one attached hydrogen (secondary N) is 2. The molecule has 1 amide bonds. The molecule has 0 bridgehead atoms. The highest BCUT2D eigenvalue weighted by Crippen LogP contribution is 2.05. The van der Waals surface area contributed by atoms with E-state index in [1.807, 2.05) is 0 Å². The van der Waals surface area contributed by atoms with Gasteiger partial charge >= 0.3 is 0 Å². The summed E-state index contributed by atoms with van der Waals surface area (Å²) in [4.78, 5) is 23.4. The Morgan fingerprint density at radius 1 is 1.53 bits per heavy atom. The van der Waals surface area contributed by atoms with E-state index in [1.54, 1.807) is 12.3 Å². The molecule has 19 heavy (non-hydrogen) atoms. The molecule has 0 aliphatic carbocycles. The second-order valence-electron chi connectivity index (χ2n) is 4.42. The van der Waals surface area contributed by atoms with Crippen molar-refractivity contribution < 1.29 is 4.79 Å². The second kappa shape index (κ2) is 7.67. The van der Waals surface area contributed by atoms with Crippen molar-refractivity contribution >= 4 is 34.2 Å². The fraction of sp³-hybridized carbons (Fsp3) is 0.500. The summed E-state index contributed by atoms with van der Waals surface area (Å²) in [6, 6.07) is 3.29. The van der Waals surface area contributed by atoms with Crippen LogP contribution in [0.25, 0.3) is 0 Å². The lowest BCUT2D eigenvalue weighted by molar-refractivity contribution is -0.122. The summed E-state index contributed by atoms with van der Waals surface area (Å²) in [5.74, 6) is -0.121. The maximum absolute atomic E-state index is 11.8. The van der Waals surface area contributed by atoms with E-state index in [0.29, 0.717) is 0 Å². The Kier molecular flexibility index (Phi) is 6.54. The summed E-state index contributed by atoms with van der Waals surface area (Å²) in [7, 11) is 0. The smallest absolute Gasteiger partial charge is 0.251 e. The maximum Gasteiger partial charge on any atom is 0.251 e. The van der Waals surface area contributed by atoms with E-state index < -0.39 is 0 Å². The summed E-state index contributed by atoms with van der Waals surface area (Å²) in [6.07, 6.45) is 3.69. The quantitative estimate of drug-likeness (QED) is 0.851. The number of aromatic nitrogens is 1. The van der Waals surface area contributed by atoms with E-state index in [-0.39, 0.29) is 36.5 Å². The summed E-state index contributed by atoms with van der Waals surface area (Å²) in [5.41, 5.74) is -0.171. The lowest BCUT2D eigenvalue weighted by atomic mass is 10.1. The number of rotatable bonds is 3. The first-order chi connectivity index (χ1) is 8.65. The summed E-state index contributed by atoms with van der Waals surface area (Å²) >= 11 is 3.28. The van der Waals surface area contributed by atoms with Crippen LogP contribution in [0.3, 0.4) is 0 Å². The van der Waals surface area contributed by atoms with Gasteiger partial charge in [0, 0.05) is 29.3 Å². The number of halogens is 2. The van der Waals surface area contributed by atoms with Gasteiger partial charge in [0.2, 0.25) is 5.91 Å². The monoisotopic (exact) mass is 349 g/mol. The van der Waals surface area contributed by atoms with Crippen molar-refractivity contribution in [3.8, 4) is 0 Å². The zero-order chi connectivity index (χ0) is 13.0. The highest BCUT2D eigenvalue weighted by Gasteiger charge is 2.15. The Labute approximate surface area is 126 Å². The number of pyridine rings is 1. The normalized spacial score (nSPS) is 18.5. The number of carbonyl (C=O) groups excluding carboxylic acids is 1. The molecule has 7 heteroatoms. The van der Waals surface area contributed by atoms with Crippen molar-refractivity contribution in [3.63, 3.8) is 0 Å². The number of nitrogens with zero attached hydrogens (tertiary/aromatic N) is 1. The van der Waals surface area contributed by atoms with Crippen molar-refractivity contribution in [2.45, 2.75) is 25.4 Å². The molecule has 1 saturated heterocycles. The average molecular weight is 351 g/mol. The Morgan fingerprint density at radius 3 is 3.00 bits per heavy atom. The first-order valence-corrected chi connectivity index (χ1v) is 6.80. The standard InChI is InChI=1S/C12H16BrN3O2.ClH/c13-9-3-4-12(18)16(7-9)8-11(17)15-10-2-1-5-14-6-10;/h3-4,7,10,14H,1-2,5-6,8H2,(H,15,17);1H. The zero-order valence-electron chi connectivity index (χ0n) is 10.4. The molecule has 1 aromatic heterocycles. The van der Waals surface area contributed by atoms with Crippen LogP contribution >= 0.6 is 28.3 Å². The van der Waals surface area contributed by atoms with Gasteiger partial charge in [0.05, 0.1) is 0 Å². The van der Waals surface area contributed by atoms with E-state index in [1.165, 1.54) is 10.6 Å². The lowest BCUT2D eigenvalue weighted by Gasteiger charge is -2.23. The Hall–Kier alpha value is -0.850. The molecular formula is C12H17BrClN3O2. The third-order valence-electron chi connectivity index (χ3n) is 2.92. The summed E-state index contributed by atoms with van der Waals surface area (Å²) in [6.45, 7) is 1.88. The van der Waals surface area contributed by atoms with Crippen LogP contribution in [0.5, 0.6) is 0 Å². The highest BCUT2D eigenvalue weighted by atomic mass is 79.9. The Bertz CT molecular complexity index is 486. The molecule has 2 heterocycles. The molecule has 1 aliphatic heterocycles. The van der Waals surface area contributed by atoms with E-state index in [9.17, 15) is 9.59 Å². The molecule has 2 rings (SSSR count). The first kappa shape index (κ1) is 16.2. The van der Waals surface area contributed by atoms with Crippen molar-refractivity contribution in [2.24, 2.45) is 0 Å². The molecule has 0 spiro atoms. The van der Waals surface area contributed by atoms with Crippen LogP contribution in [-0.4, -0.2) is 29.6 Å². The Balaban J connectivity index is 0.00000180. The van der Waals surface area contributed by atoms with Crippen molar-refractivity contribution in [1.29, 1.82) is 0 Å². The lowest BCUT2D eigenvalue weighted by Crippen LogP contribution is -2.47. The zero-order valence-corrected chi connectivity index (χ0v) is 12.8. The van der Waals surface area contributed by atoms with Crippen LogP contribution in [-0.2, 0) is 11.3 Å². The number of amides is 1. The summed E-state index contributed by atoms with van der Waals surface area (Å²) in [5, 5.41) is 6.17. The molecule has 1 aliphatic rings. The molecule has 5 nitrogen and oxygen atoms in total. The first-order valence-electron chi connectivity index (χ1n) is 6.01. The highest BCUT2D eigenvalue weighted by molar-refractivity contribution is 9.10. The van der Waals surface area contributed by atoms with Crippen LogP contribution in [0.1, 0.15) is 12.8 Å². The van der Waals surface area contributed by atoms with Crippen molar-refractivity contribution in [3.05, 3.63) is 33.2 Å². The minimum absolute atomic E-state index is 0. The molecule has 2 N–H and O–H groups in total. The molecular weight excluding hydrogens is 334 g/mol. The van der Waals surface area contributed by atoms with Crippen LogP contribution < -0.4 is 16.2 Å². The minimum Gasteiger partial charge on any atom is -0.351 e. The molecule has 0 saturated carbocycles. The van der Waals surface area contributed by atoms with E-state index in [4.69, 9.17) is 0 Å². The number of hydrogen-bond donors (Lipinski definition) is 2.